The van der Waals surface area contributed by atoms with Gasteiger partial charge in [0.2, 0.25) is 5.91 Å². The van der Waals surface area contributed by atoms with E-state index in [0.29, 0.717) is 16.5 Å². The van der Waals surface area contributed by atoms with E-state index in [4.69, 9.17) is 10.8 Å². The number of hydrogen-bond acceptors (Lipinski definition) is 5. The SMILES string of the molecule is CN(C(=O)Cc1csc(N)n1)c1ccccc1C(=O)O. The summed E-state index contributed by atoms with van der Waals surface area (Å²) in [5.41, 5.74) is 6.53. The molecular formula is C13H13N3O3S. The van der Waals surface area contributed by atoms with Gasteiger partial charge in [0.15, 0.2) is 5.13 Å². The Labute approximate surface area is 119 Å². The number of para-hydroxylation sites is 1. The van der Waals surface area contributed by atoms with Gasteiger partial charge in [-0.05, 0) is 12.1 Å². The van der Waals surface area contributed by atoms with Crippen LogP contribution in [0, 0.1) is 0 Å². The summed E-state index contributed by atoms with van der Waals surface area (Å²) in [5, 5.41) is 11.2. The maximum absolute atomic E-state index is 12.2. The highest BCUT2D eigenvalue weighted by Crippen LogP contribution is 2.20. The van der Waals surface area contributed by atoms with Gasteiger partial charge in [-0.25, -0.2) is 9.78 Å². The van der Waals surface area contributed by atoms with Gasteiger partial charge in [-0.15, -0.1) is 11.3 Å². The Morgan fingerprint density at radius 3 is 2.70 bits per heavy atom. The summed E-state index contributed by atoms with van der Waals surface area (Å²) in [6, 6.07) is 6.36. The van der Waals surface area contributed by atoms with Crippen molar-refractivity contribution in [1.29, 1.82) is 0 Å². The van der Waals surface area contributed by atoms with Crippen molar-refractivity contribution < 1.29 is 14.7 Å². The topological polar surface area (TPSA) is 96.5 Å². The summed E-state index contributed by atoms with van der Waals surface area (Å²) in [7, 11) is 1.54. The third-order valence-corrected chi connectivity index (χ3v) is 3.49. The first kappa shape index (κ1) is 14.0. The molecule has 3 N–H and O–H groups in total. The summed E-state index contributed by atoms with van der Waals surface area (Å²) < 4.78 is 0. The number of nitrogens with two attached hydrogens (primary N) is 1. The van der Waals surface area contributed by atoms with Gasteiger partial charge < -0.3 is 15.7 Å². The van der Waals surface area contributed by atoms with Crippen LogP contribution in [0.25, 0.3) is 0 Å². The number of nitrogens with zero attached hydrogens (tertiary/aromatic N) is 2. The van der Waals surface area contributed by atoms with Crippen molar-refractivity contribution >= 4 is 34.0 Å². The zero-order valence-corrected chi connectivity index (χ0v) is 11.6. The first-order valence-corrected chi connectivity index (χ1v) is 6.65. The molecule has 0 aliphatic rings. The fraction of sp³-hybridized carbons (Fsp3) is 0.154. The normalized spacial score (nSPS) is 10.2. The molecule has 0 bridgehead atoms. The zero-order valence-electron chi connectivity index (χ0n) is 10.7. The number of likely N-dealkylation sites (N-methyl/N-ethyl adjacent to an activating group) is 1. The van der Waals surface area contributed by atoms with E-state index in [2.05, 4.69) is 4.98 Å². The first-order chi connectivity index (χ1) is 9.49. The fourth-order valence-corrected chi connectivity index (χ4v) is 2.32. The Morgan fingerprint density at radius 1 is 1.40 bits per heavy atom. The molecule has 0 spiro atoms. The minimum Gasteiger partial charge on any atom is -0.478 e. The van der Waals surface area contributed by atoms with Crippen molar-refractivity contribution in [3.8, 4) is 0 Å². The molecule has 2 aromatic rings. The maximum Gasteiger partial charge on any atom is 0.337 e. The molecule has 0 unspecified atom stereocenters. The minimum absolute atomic E-state index is 0.0815. The second kappa shape index (κ2) is 5.70. The van der Waals surface area contributed by atoms with E-state index in [1.807, 2.05) is 0 Å². The number of nitrogen functional groups attached to an aromatic ring is 1. The van der Waals surface area contributed by atoms with Gasteiger partial charge >= 0.3 is 5.97 Å². The van der Waals surface area contributed by atoms with Gasteiger partial charge in [0.1, 0.15) is 0 Å². The predicted molar refractivity (Wildman–Crippen MR) is 77.0 cm³/mol. The summed E-state index contributed by atoms with van der Waals surface area (Å²) >= 11 is 1.26. The van der Waals surface area contributed by atoms with E-state index < -0.39 is 5.97 Å². The molecular weight excluding hydrogens is 278 g/mol. The van der Waals surface area contributed by atoms with Crippen molar-refractivity contribution in [2.24, 2.45) is 0 Å². The largest absolute Gasteiger partial charge is 0.478 e. The number of carboxylic acid groups (broad SMARTS) is 1. The molecule has 7 heteroatoms. The number of anilines is 2. The number of carbonyl (C=O) groups is 2. The molecule has 0 saturated heterocycles. The number of rotatable bonds is 4. The van der Waals surface area contributed by atoms with Gasteiger partial charge in [0, 0.05) is 12.4 Å². The Balaban J connectivity index is 2.20. The number of amides is 1. The summed E-state index contributed by atoms with van der Waals surface area (Å²) in [6.07, 6.45) is 0.0815. The highest BCUT2D eigenvalue weighted by Gasteiger charge is 2.18. The van der Waals surface area contributed by atoms with Crippen molar-refractivity contribution in [3.63, 3.8) is 0 Å². The molecule has 0 radical (unpaired) electrons. The van der Waals surface area contributed by atoms with Crippen LogP contribution in [-0.2, 0) is 11.2 Å². The summed E-state index contributed by atoms with van der Waals surface area (Å²) in [6.45, 7) is 0. The molecule has 1 aromatic carbocycles. The van der Waals surface area contributed by atoms with E-state index in [9.17, 15) is 9.59 Å². The number of carbonyl (C=O) groups excluding carboxylic acids is 1. The Bertz CT molecular complexity index is 654. The van der Waals surface area contributed by atoms with Crippen LogP contribution in [0.3, 0.4) is 0 Å². The molecule has 0 aliphatic carbocycles. The molecule has 0 atom stereocenters. The van der Waals surface area contributed by atoms with Crippen LogP contribution in [0.2, 0.25) is 0 Å². The van der Waals surface area contributed by atoms with Crippen molar-refractivity contribution in [2.75, 3.05) is 17.7 Å². The fourth-order valence-electron chi connectivity index (χ4n) is 1.76. The lowest BCUT2D eigenvalue weighted by atomic mass is 10.1. The monoisotopic (exact) mass is 291 g/mol. The van der Waals surface area contributed by atoms with Crippen molar-refractivity contribution in [1.82, 2.24) is 4.98 Å². The van der Waals surface area contributed by atoms with Gasteiger partial charge in [0.05, 0.1) is 23.4 Å². The number of benzene rings is 1. The van der Waals surface area contributed by atoms with E-state index in [0.717, 1.165) is 0 Å². The molecule has 20 heavy (non-hydrogen) atoms. The van der Waals surface area contributed by atoms with Gasteiger partial charge in [0.25, 0.3) is 0 Å². The number of thiazole rings is 1. The average Bonchev–Trinajstić information content (AvgIpc) is 2.83. The Morgan fingerprint density at radius 2 is 2.10 bits per heavy atom. The molecule has 6 nitrogen and oxygen atoms in total. The molecule has 104 valence electrons. The van der Waals surface area contributed by atoms with Crippen LogP contribution in [0.15, 0.2) is 29.6 Å². The van der Waals surface area contributed by atoms with E-state index >= 15 is 0 Å². The number of aromatic carboxylic acids is 1. The third-order valence-electron chi connectivity index (χ3n) is 2.77. The highest BCUT2D eigenvalue weighted by atomic mass is 32.1. The van der Waals surface area contributed by atoms with Gasteiger partial charge in [-0.3, -0.25) is 4.79 Å². The minimum atomic E-state index is -1.07. The molecule has 2 rings (SSSR count). The van der Waals surface area contributed by atoms with E-state index in [1.54, 1.807) is 30.6 Å². The molecule has 0 saturated carbocycles. The lowest BCUT2D eigenvalue weighted by Gasteiger charge is -2.18. The smallest absolute Gasteiger partial charge is 0.337 e. The van der Waals surface area contributed by atoms with E-state index in [1.165, 1.54) is 22.3 Å². The number of carboxylic acids is 1. The summed E-state index contributed by atoms with van der Waals surface area (Å²) in [4.78, 5) is 28.6. The van der Waals surface area contributed by atoms with Crippen LogP contribution in [-0.4, -0.2) is 29.0 Å². The van der Waals surface area contributed by atoms with Crippen LogP contribution in [0.4, 0.5) is 10.8 Å². The standard InChI is InChI=1S/C13H13N3O3S/c1-16(10-5-3-2-4-9(10)12(18)19)11(17)6-8-7-20-13(14)15-8/h2-5,7H,6H2,1H3,(H2,14,15)(H,18,19). The summed E-state index contributed by atoms with van der Waals surface area (Å²) in [5.74, 6) is -1.32. The molecule has 1 aromatic heterocycles. The number of hydrogen-bond donors (Lipinski definition) is 2. The average molecular weight is 291 g/mol. The van der Waals surface area contributed by atoms with E-state index in [-0.39, 0.29) is 17.9 Å². The highest BCUT2D eigenvalue weighted by molar-refractivity contribution is 7.13. The van der Waals surface area contributed by atoms with Gasteiger partial charge in [-0.2, -0.15) is 0 Å². The van der Waals surface area contributed by atoms with Crippen LogP contribution in [0.5, 0.6) is 0 Å². The van der Waals surface area contributed by atoms with Gasteiger partial charge in [-0.1, -0.05) is 12.1 Å². The lowest BCUT2D eigenvalue weighted by molar-refractivity contribution is -0.117. The number of aromatic nitrogens is 1. The second-order valence-corrected chi connectivity index (χ2v) is 5.02. The molecule has 1 amide bonds. The maximum atomic E-state index is 12.2. The third kappa shape index (κ3) is 2.94. The second-order valence-electron chi connectivity index (χ2n) is 4.13. The van der Waals surface area contributed by atoms with Crippen LogP contribution in [0.1, 0.15) is 16.1 Å². The zero-order chi connectivity index (χ0) is 14.7. The lowest BCUT2D eigenvalue weighted by Crippen LogP contribution is -2.29. The molecule has 0 fully saturated rings. The first-order valence-electron chi connectivity index (χ1n) is 5.78. The molecule has 0 aliphatic heterocycles. The molecule has 1 heterocycles. The van der Waals surface area contributed by atoms with Crippen molar-refractivity contribution in [3.05, 3.63) is 40.9 Å². The predicted octanol–water partition coefficient (Wildman–Crippen LogP) is 1.63. The van der Waals surface area contributed by atoms with Crippen molar-refractivity contribution in [2.45, 2.75) is 6.42 Å². The van der Waals surface area contributed by atoms with Crippen LogP contribution >= 0.6 is 11.3 Å². The Kier molecular flexibility index (Phi) is 3.99. The Hall–Kier alpha value is -2.41. The van der Waals surface area contributed by atoms with Crippen LogP contribution < -0.4 is 10.6 Å². The quantitative estimate of drug-likeness (QED) is 0.892.